The smallest absolute Gasteiger partial charge is 0.0488 e. The highest BCUT2D eigenvalue weighted by Crippen LogP contribution is 2.10. The summed E-state index contributed by atoms with van der Waals surface area (Å²) in [5.41, 5.74) is 1.16. The molecule has 2 unspecified atom stereocenters. The fourth-order valence-corrected chi connectivity index (χ4v) is 2.14. The van der Waals surface area contributed by atoms with Gasteiger partial charge in [0, 0.05) is 38.1 Å². The molecule has 96 valence electrons. The second-order valence-electron chi connectivity index (χ2n) is 4.58. The van der Waals surface area contributed by atoms with E-state index in [1.165, 1.54) is 0 Å². The van der Waals surface area contributed by atoms with Gasteiger partial charge in [0.2, 0.25) is 0 Å². The molecule has 0 radical (unpaired) electrons. The van der Waals surface area contributed by atoms with Gasteiger partial charge in [0.15, 0.2) is 0 Å². The summed E-state index contributed by atoms with van der Waals surface area (Å²) in [6, 6.07) is 6.58. The van der Waals surface area contributed by atoms with Gasteiger partial charge in [0.25, 0.3) is 0 Å². The van der Waals surface area contributed by atoms with Gasteiger partial charge in [0.1, 0.15) is 0 Å². The van der Waals surface area contributed by atoms with Gasteiger partial charge in [0.05, 0.1) is 0 Å². The van der Waals surface area contributed by atoms with E-state index in [-0.39, 0.29) is 0 Å². The number of hydrogen-bond acceptors (Lipinski definition) is 3. The van der Waals surface area contributed by atoms with E-state index < -0.39 is 0 Å². The van der Waals surface area contributed by atoms with Crippen molar-refractivity contribution in [3.63, 3.8) is 0 Å². The van der Waals surface area contributed by atoms with Crippen LogP contribution in [0.3, 0.4) is 0 Å². The van der Waals surface area contributed by atoms with Crippen LogP contribution in [0.2, 0.25) is 0 Å². The Morgan fingerprint density at radius 3 is 2.82 bits per heavy atom. The highest BCUT2D eigenvalue weighted by Gasteiger charge is 2.13. The lowest BCUT2D eigenvalue weighted by molar-refractivity contribution is 0.149. The fraction of sp³-hybridized carbons (Fsp3) is 0.643. The van der Waals surface area contributed by atoms with Crippen LogP contribution in [-0.2, 0) is 11.2 Å². The van der Waals surface area contributed by atoms with Gasteiger partial charge in [-0.15, -0.1) is 0 Å². The number of ether oxygens (including phenoxy) is 1. The zero-order valence-electron chi connectivity index (χ0n) is 11.1. The standard InChI is InChI=1S/C14H24N2O/c1-4-15-14(9-12(2)11-17-3)10-13-7-5-6-8-16-13/h5-8,12,14-15H,4,9-11H2,1-3H3. The largest absolute Gasteiger partial charge is 0.384 e. The van der Waals surface area contributed by atoms with Crippen LogP contribution < -0.4 is 5.32 Å². The summed E-state index contributed by atoms with van der Waals surface area (Å²) in [4.78, 5) is 4.38. The molecule has 0 saturated heterocycles. The maximum atomic E-state index is 5.19. The summed E-state index contributed by atoms with van der Waals surface area (Å²) in [5.74, 6) is 0.577. The Morgan fingerprint density at radius 2 is 2.24 bits per heavy atom. The molecule has 17 heavy (non-hydrogen) atoms. The van der Waals surface area contributed by atoms with Gasteiger partial charge >= 0.3 is 0 Å². The zero-order valence-corrected chi connectivity index (χ0v) is 11.1. The highest BCUT2D eigenvalue weighted by molar-refractivity contribution is 5.05. The summed E-state index contributed by atoms with van der Waals surface area (Å²) in [5, 5.41) is 3.52. The molecule has 0 amide bonds. The third-order valence-electron chi connectivity index (χ3n) is 2.81. The average molecular weight is 236 g/mol. The second-order valence-corrected chi connectivity index (χ2v) is 4.58. The van der Waals surface area contributed by atoms with Crippen LogP contribution in [0.25, 0.3) is 0 Å². The lowest BCUT2D eigenvalue weighted by atomic mass is 9.98. The Labute approximate surface area is 105 Å². The molecule has 1 N–H and O–H groups in total. The van der Waals surface area contributed by atoms with Crippen LogP contribution >= 0.6 is 0 Å². The second kappa shape index (κ2) is 8.20. The third-order valence-corrected chi connectivity index (χ3v) is 2.81. The molecule has 0 aliphatic carbocycles. The minimum atomic E-state index is 0.486. The molecule has 0 bridgehead atoms. The van der Waals surface area contributed by atoms with Gasteiger partial charge in [-0.25, -0.2) is 0 Å². The molecule has 0 aromatic carbocycles. The predicted octanol–water partition coefficient (Wildman–Crippen LogP) is 2.27. The van der Waals surface area contributed by atoms with E-state index in [0.29, 0.717) is 12.0 Å². The minimum absolute atomic E-state index is 0.486. The van der Waals surface area contributed by atoms with E-state index in [1.807, 2.05) is 18.3 Å². The quantitative estimate of drug-likeness (QED) is 0.752. The predicted molar refractivity (Wildman–Crippen MR) is 71.1 cm³/mol. The SMILES string of the molecule is CCNC(Cc1ccccn1)CC(C)COC. The molecule has 1 rings (SSSR count). The lowest BCUT2D eigenvalue weighted by Crippen LogP contribution is -2.33. The lowest BCUT2D eigenvalue weighted by Gasteiger charge is -2.21. The normalized spacial score (nSPS) is 14.5. The first-order valence-corrected chi connectivity index (χ1v) is 6.38. The summed E-state index contributed by atoms with van der Waals surface area (Å²) >= 11 is 0. The van der Waals surface area contributed by atoms with Crippen molar-refractivity contribution in [1.29, 1.82) is 0 Å². The first-order valence-electron chi connectivity index (χ1n) is 6.38. The molecule has 0 saturated carbocycles. The molecular weight excluding hydrogens is 212 g/mol. The van der Waals surface area contributed by atoms with Crippen LogP contribution in [0, 0.1) is 5.92 Å². The average Bonchev–Trinajstić information content (AvgIpc) is 2.31. The van der Waals surface area contributed by atoms with Crippen molar-refractivity contribution in [3.8, 4) is 0 Å². The molecule has 3 heteroatoms. The highest BCUT2D eigenvalue weighted by atomic mass is 16.5. The molecule has 1 aromatic heterocycles. The molecule has 0 spiro atoms. The van der Waals surface area contributed by atoms with Crippen molar-refractivity contribution in [2.24, 2.45) is 5.92 Å². The Hall–Kier alpha value is -0.930. The van der Waals surface area contributed by atoms with Crippen molar-refractivity contribution in [1.82, 2.24) is 10.3 Å². The summed E-state index contributed by atoms with van der Waals surface area (Å²) in [7, 11) is 1.76. The molecule has 1 heterocycles. The molecule has 2 atom stereocenters. The summed E-state index contributed by atoms with van der Waals surface area (Å²) in [6.45, 7) is 6.19. The maximum Gasteiger partial charge on any atom is 0.0488 e. The number of likely N-dealkylation sites (N-methyl/N-ethyl adjacent to an activating group) is 1. The number of hydrogen-bond donors (Lipinski definition) is 1. The Bertz CT molecular complexity index is 290. The molecule has 1 aromatic rings. The molecular formula is C14H24N2O. The van der Waals surface area contributed by atoms with Crippen LogP contribution in [0.15, 0.2) is 24.4 Å². The maximum absolute atomic E-state index is 5.19. The number of nitrogens with zero attached hydrogens (tertiary/aromatic N) is 1. The van der Waals surface area contributed by atoms with Crippen LogP contribution in [0.1, 0.15) is 26.0 Å². The van der Waals surface area contributed by atoms with Crippen LogP contribution in [0.4, 0.5) is 0 Å². The first kappa shape index (κ1) is 14.1. The van der Waals surface area contributed by atoms with Gasteiger partial charge in [-0.3, -0.25) is 4.98 Å². The van der Waals surface area contributed by atoms with Gasteiger partial charge < -0.3 is 10.1 Å². The van der Waals surface area contributed by atoms with Crippen LogP contribution in [-0.4, -0.2) is 31.3 Å². The number of pyridine rings is 1. The molecule has 0 aliphatic heterocycles. The molecule has 0 aliphatic rings. The van der Waals surface area contributed by atoms with Crippen molar-refractivity contribution < 1.29 is 4.74 Å². The van der Waals surface area contributed by atoms with Crippen molar-refractivity contribution in [3.05, 3.63) is 30.1 Å². The van der Waals surface area contributed by atoms with Crippen molar-refractivity contribution in [2.75, 3.05) is 20.3 Å². The number of rotatable bonds is 8. The van der Waals surface area contributed by atoms with E-state index in [0.717, 1.165) is 31.7 Å². The van der Waals surface area contributed by atoms with Gasteiger partial charge in [-0.1, -0.05) is 19.9 Å². The molecule has 0 fully saturated rings. The Balaban J connectivity index is 2.48. The first-order chi connectivity index (χ1) is 8.26. The van der Waals surface area contributed by atoms with E-state index in [1.54, 1.807) is 7.11 Å². The van der Waals surface area contributed by atoms with Gasteiger partial charge in [-0.05, 0) is 31.0 Å². The van der Waals surface area contributed by atoms with E-state index in [9.17, 15) is 0 Å². The Morgan fingerprint density at radius 1 is 1.41 bits per heavy atom. The Kier molecular flexibility index (Phi) is 6.82. The van der Waals surface area contributed by atoms with Crippen molar-refractivity contribution >= 4 is 0 Å². The van der Waals surface area contributed by atoms with E-state index in [2.05, 4.69) is 30.2 Å². The van der Waals surface area contributed by atoms with Crippen molar-refractivity contribution in [2.45, 2.75) is 32.7 Å². The number of methoxy groups -OCH3 is 1. The third kappa shape index (κ3) is 5.80. The van der Waals surface area contributed by atoms with E-state index in [4.69, 9.17) is 4.74 Å². The summed E-state index contributed by atoms with van der Waals surface area (Å²) < 4.78 is 5.19. The fourth-order valence-electron chi connectivity index (χ4n) is 2.14. The molecule has 3 nitrogen and oxygen atoms in total. The number of aromatic nitrogens is 1. The monoisotopic (exact) mass is 236 g/mol. The number of nitrogens with one attached hydrogen (secondary N) is 1. The zero-order chi connectivity index (χ0) is 12.5. The summed E-state index contributed by atoms with van der Waals surface area (Å²) in [6.07, 6.45) is 3.97. The minimum Gasteiger partial charge on any atom is -0.384 e. The van der Waals surface area contributed by atoms with Crippen LogP contribution in [0.5, 0.6) is 0 Å². The van der Waals surface area contributed by atoms with E-state index >= 15 is 0 Å². The van der Waals surface area contributed by atoms with Gasteiger partial charge in [-0.2, -0.15) is 0 Å². The topological polar surface area (TPSA) is 34.2 Å².